The highest BCUT2D eigenvalue weighted by Crippen LogP contribution is 2.43. The summed E-state index contributed by atoms with van der Waals surface area (Å²) in [5.74, 6) is 0.727. The van der Waals surface area contributed by atoms with Gasteiger partial charge in [-0.1, -0.05) is 48.9 Å². The van der Waals surface area contributed by atoms with Gasteiger partial charge in [0.1, 0.15) is 11.1 Å². The molecule has 0 aromatic heterocycles. The number of hydrogen-bond acceptors (Lipinski definition) is 4. The summed E-state index contributed by atoms with van der Waals surface area (Å²) in [7, 11) is 3.81. The van der Waals surface area contributed by atoms with Gasteiger partial charge in [0.25, 0.3) is 0 Å². The first kappa shape index (κ1) is 22.9. The lowest BCUT2D eigenvalue weighted by Crippen LogP contribution is -2.51. The first-order valence-electron chi connectivity index (χ1n) is 12.0. The maximum absolute atomic E-state index is 13.6. The highest BCUT2D eigenvalue weighted by Gasteiger charge is 2.45. The molecule has 4 heteroatoms. The van der Waals surface area contributed by atoms with Crippen molar-refractivity contribution in [2.45, 2.75) is 75.8 Å². The Balaban J connectivity index is 1.66. The van der Waals surface area contributed by atoms with Crippen molar-refractivity contribution in [3.63, 3.8) is 0 Å². The topological polar surface area (TPSA) is 58.2 Å². The van der Waals surface area contributed by atoms with E-state index in [0.29, 0.717) is 18.6 Å². The predicted molar refractivity (Wildman–Crippen MR) is 129 cm³/mol. The first-order valence-corrected chi connectivity index (χ1v) is 12.0. The van der Waals surface area contributed by atoms with E-state index in [1.165, 1.54) is 5.56 Å². The zero-order chi connectivity index (χ0) is 22.9. The van der Waals surface area contributed by atoms with Crippen LogP contribution in [0.15, 0.2) is 42.5 Å². The Morgan fingerprint density at radius 2 is 1.50 bits per heavy atom. The van der Waals surface area contributed by atoms with Crippen molar-refractivity contribution < 1.29 is 9.59 Å². The van der Waals surface area contributed by atoms with Gasteiger partial charge in [-0.3, -0.25) is 9.59 Å². The highest BCUT2D eigenvalue weighted by molar-refractivity contribution is 5.92. The second-order valence-corrected chi connectivity index (χ2v) is 9.69. The molecule has 2 aliphatic carbocycles. The number of benzene rings is 2. The minimum absolute atomic E-state index is 0.181. The van der Waals surface area contributed by atoms with E-state index in [2.05, 4.69) is 54.8 Å². The number of aryl methyl sites for hydroxylation is 2. The Hall–Kier alpha value is -2.30. The number of rotatable bonds is 5. The van der Waals surface area contributed by atoms with E-state index in [1.807, 2.05) is 26.2 Å². The molecule has 0 heterocycles. The molecule has 2 aromatic carbocycles. The molecule has 2 aromatic rings. The van der Waals surface area contributed by atoms with Crippen molar-refractivity contribution in [3.05, 3.63) is 70.3 Å². The molecule has 2 fully saturated rings. The third-order valence-electron chi connectivity index (χ3n) is 8.11. The second-order valence-electron chi connectivity index (χ2n) is 9.69. The van der Waals surface area contributed by atoms with Crippen molar-refractivity contribution in [1.29, 1.82) is 0 Å². The van der Waals surface area contributed by atoms with Crippen molar-refractivity contribution in [1.82, 2.24) is 10.6 Å². The number of carbonyl (C=O) groups excluding carboxylic acids is 2. The van der Waals surface area contributed by atoms with Crippen molar-refractivity contribution in [2.24, 2.45) is 0 Å². The molecule has 4 rings (SSSR count). The quantitative estimate of drug-likeness (QED) is 0.712. The van der Waals surface area contributed by atoms with Crippen LogP contribution in [0.1, 0.15) is 78.7 Å². The van der Waals surface area contributed by atoms with Crippen LogP contribution in [-0.4, -0.2) is 25.7 Å². The summed E-state index contributed by atoms with van der Waals surface area (Å²) in [5, 5.41) is 6.77. The maximum atomic E-state index is 13.6. The molecule has 0 aliphatic heterocycles. The molecule has 1 unspecified atom stereocenters. The van der Waals surface area contributed by atoms with Crippen LogP contribution in [-0.2, 0) is 20.7 Å². The molecule has 0 spiro atoms. The van der Waals surface area contributed by atoms with Crippen LogP contribution in [0.3, 0.4) is 0 Å². The summed E-state index contributed by atoms with van der Waals surface area (Å²) in [5.41, 5.74) is 4.47. The van der Waals surface area contributed by atoms with Gasteiger partial charge < -0.3 is 10.6 Å². The Morgan fingerprint density at radius 3 is 2.16 bits per heavy atom. The minimum Gasteiger partial charge on any atom is -0.304 e. The summed E-state index contributed by atoms with van der Waals surface area (Å²) < 4.78 is 0. The van der Waals surface area contributed by atoms with E-state index in [4.69, 9.17) is 0 Å². The Morgan fingerprint density at radius 1 is 0.812 bits per heavy atom. The number of Topliss-reactive ketones (excluding diaryl/α,β-unsaturated/α-hetero) is 2. The number of likely N-dealkylation sites (N-methyl/N-ethyl adjacent to an activating group) is 2. The van der Waals surface area contributed by atoms with E-state index in [1.54, 1.807) is 0 Å². The number of carbonyl (C=O) groups is 2. The molecule has 2 saturated carbocycles. The fourth-order valence-corrected chi connectivity index (χ4v) is 6.12. The van der Waals surface area contributed by atoms with Crippen LogP contribution in [0, 0.1) is 13.8 Å². The normalized spacial score (nSPS) is 28.7. The third-order valence-corrected chi connectivity index (χ3v) is 8.11. The molecule has 2 aliphatic rings. The molecule has 0 bridgehead atoms. The summed E-state index contributed by atoms with van der Waals surface area (Å²) in [6.07, 6.45) is 5.72. The van der Waals surface area contributed by atoms with Gasteiger partial charge in [0, 0.05) is 12.8 Å². The van der Waals surface area contributed by atoms with Crippen molar-refractivity contribution >= 4 is 11.6 Å². The molecule has 3 atom stereocenters. The average Bonchev–Trinajstić information content (AvgIpc) is 2.81. The average molecular weight is 433 g/mol. The molecule has 0 saturated heterocycles. The lowest BCUT2D eigenvalue weighted by molar-refractivity contribution is -0.129. The van der Waals surface area contributed by atoms with Gasteiger partial charge in [-0.2, -0.15) is 0 Å². The molecule has 4 nitrogen and oxygen atoms in total. The predicted octanol–water partition coefficient (Wildman–Crippen LogP) is 4.81. The van der Waals surface area contributed by atoms with Gasteiger partial charge in [-0.05, 0) is 87.4 Å². The molecular formula is C28H36N2O2. The standard InChI is InChI=1S/C28H36N2O2/c1-19-9-5-6-10-23(19)28(30-4)16-14-22(18-26(28)32)21-13-12-20(2)24(17-21)27(29-3)15-8-7-11-25(27)31/h5-6,9-10,12-13,17,22,29-30H,7-8,11,14-16,18H2,1-4H3/t22?,27-,28+/m1/s1. The van der Waals surface area contributed by atoms with Gasteiger partial charge in [0.05, 0.1) is 0 Å². The summed E-state index contributed by atoms with van der Waals surface area (Å²) in [6.45, 7) is 4.18. The summed E-state index contributed by atoms with van der Waals surface area (Å²) in [4.78, 5) is 26.6. The molecule has 32 heavy (non-hydrogen) atoms. The zero-order valence-electron chi connectivity index (χ0n) is 19.9. The van der Waals surface area contributed by atoms with Gasteiger partial charge in [0.2, 0.25) is 0 Å². The van der Waals surface area contributed by atoms with Crippen LogP contribution in [0.2, 0.25) is 0 Å². The van der Waals surface area contributed by atoms with Gasteiger partial charge in [-0.25, -0.2) is 0 Å². The van der Waals surface area contributed by atoms with Gasteiger partial charge >= 0.3 is 0 Å². The number of ketones is 2. The molecule has 0 amide bonds. The zero-order valence-corrected chi connectivity index (χ0v) is 19.9. The maximum Gasteiger partial charge on any atom is 0.158 e. The summed E-state index contributed by atoms with van der Waals surface area (Å²) in [6, 6.07) is 14.7. The van der Waals surface area contributed by atoms with Crippen LogP contribution in [0.5, 0.6) is 0 Å². The monoisotopic (exact) mass is 432 g/mol. The van der Waals surface area contributed by atoms with E-state index >= 15 is 0 Å². The summed E-state index contributed by atoms with van der Waals surface area (Å²) >= 11 is 0. The van der Waals surface area contributed by atoms with Crippen LogP contribution < -0.4 is 10.6 Å². The lowest BCUT2D eigenvalue weighted by atomic mass is 9.68. The molecule has 2 N–H and O–H groups in total. The van der Waals surface area contributed by atoms with E-state index in [-0.39, 0.29) is 11.7 Å². The Bertz CT molecular complexity index is 1030. The largest absolute Gasteiger partial charge is 0.304 e. The van der Waals surface area contributed by atoms with Crippen molar-refractivity contribution in [2.75, 3.05) is 14.1 Å². The molecule has 0 radical (unpaired) electrons. The SMILES string of the molecule is CN[C@@]1(c2cc(C3CC[C@](NC)(c4ccccc4C)C(=O)C3)ccc2C)CCCCC1=O. The highest BCUT2D eigenvalue weighted by atomic mass is 16.1. The first-order chi connectivity index (χ1) is 15.4. The van der Waals surface area contributed by atoms with Crippen molar-refractivity contribution in [3.8, 4) is 0 Å². The van der Waals surface area contributed by atoms with Gasteiger partial charge in [-0.15, -0.1) is 0 Å². The molecular weight excluding hydrogens is 396 g/mol. The second kappa shape index (κ2) is 8.92. The van der Waals surface area contributed by atoms with Gasteiger partial charge in [0.15, 0.2) is 11.6 Å². The van der Waals surface area contributed by atoms with E-state index in [9.17, 15) is 9.59 Å². The Kier molecular flexibility index (Phi) is 6.37. The van der Waals surface area contributed by atoms with E-state index in [0.717, 1.165) is 54.4 Å². The number of hydrogen-bond donors (Lipinski definition) is 2. The fourth-order valence-electron chi connectivity index (χ4n) is 6.12. The van der Waals surface area contributed by atoms with Crippen LogP contribution in [0.25, 0.3) is 0 Å². The van der Waals surface area contributed by atoms with Crippen LogP contribution in [0.4, 0.5) is 0 Å². The minimum atomic E-state index is -0.610. The lowest BCUT2D eigenvalue weighted by Gasteiger charge is -2.41. The third kappa shape index (κ3) is 3.64. The van der Waals surface area contributed by atoms with E-state index < -0.39 is 11.1 Å². The smallest absolute Gasteiger partial charge is 0.158 e. The number of nitrogens with one attached hydrogen (secondary N) is 2. The fraction of sp³-hybridized carbons (Fsp3) is 0.500. The van der Waals surface area contributed by atoms with Crippen LogP contribution >= 0.6 is 0 Å². The molecule has 170 valence electrons. The Labute approximate surface area is 192 Å².